The van der Waals surface area contributed by atoms with Crippen LogP contribution in [0, 0.1) is 11.8 Å². The highest BCUT2D eigenvalue weighted by Gasteiger charge is 2.35. The standard InChI is InChI=1S/C38H55N9O11.C6H15N/c1-21(2)32(34(39)53)46-35(54)22(3)43-37(56)33(25-13-9-6-10-14-25)47-36(55)27(18-40-23(4)48)45-29(50)16-15-28(49)41-19-30(51)42-20-31(52)44-26(38(57)58)17-24-11-7-5-8-12-24;1-4-7(5-2)6-3/h5,7-8,11-12,15-16,21-22,25-27,32-33H,6,9-10,13-14,17-20H2,1-4H3,(H2,39,53)(H,40,48)(H,41,49)(H,42,51)(H,43,56)(H,44,52)(H,45,50)(H,46,54)(H,47,55)(H,57,58);4-6H2,1-3H3/b16-15+;/t22-,26-,27-,32-,33-;/m0./s1. The van der Waals surface area contributed by atoms with Gasteiger partial charge in [0.25, 0.3) is 0 Å². The van der Waals surface area contributed by atoms with E-state index in [1.807, 2.05) is 0 Å². The lowest BCUT2D eigenvalue weighted by Gasteiger charge is -2.32. The monoisotopic (exact) mass is 915 g/mol. The van der Waals surface area contributed by atoms with Crippen LogP contribution in [0.4, 0.5) is 0 Å². The third-order valence-electron chi connectivity index (χ3n) is 10.4. The van der Waals surface area contributed by atoms with Gasteiger partial charge in [-0.15, -0.1) is 0 Å². The van der Waals surface area contributed by atoms with E-state index in [9.17, 15) is 53.1 Å². The van der Waals surface area contributed by atoms with Crippen molar-refractivity contribution in [3.8, 4) is 0 Å². The van der Waals surface area contributed by atoms with Crippen molar-refractivity contribution < 1.29 is 53.1 Å². The first kappa shape index (κ1) is 56.6. The van der Waals surface area contributed by atoms with Gasteiger partial charge in [-0.05, 0) is 56.8 Å². The number of nitrogens with one attached hydrogen (secondary N) is 8. The molecule has 0 saturated heterocycles. The van der Waals surface area contributed by atoms with Crippen molar-refractivity contribution in [2.24, 2.45) is 17.6 Å². The molecule has 11 N–H and O–H groups in total. The fraction of sp³-hybridized carbons (Fsp3) is 0.591. The normalized spacial score (nSPS) is 14.8. The molecule has 9 amide bonds. The number of carboxylic acid groups (broad SMARTS) is 1. The van der Waals surface area contributed by atoms with Crippen molar-refractivity contribution >= 4 is 59.1 Å². The maximum absolute atomic E-state index is 13.6. The molecule has 0 unspecified atom stereocenters. The van der Waals surface area contributed by atoms with Crippen molar-refractivity contribution in [3.63, 3.8) is 0 Å². The Kier molecular flexibility index (Phi) is 26.7. The zero-order chi connectivity index (χ0) is 49.1. The van der Waals surface area contributed by atoms with Crippen LogP contribution in [-0.2, 0) is 54.4 Å². The van der Waals surface area contributed by atoms with Gasteiger partial charge in [-0.3, -0.25) is 43.2 Å². The lowest BCUT2D eigenvalue weighted by atomic mass is 9.83. The average molecular weight is 915 g/mol. The highest BCUT2D eigenvalue weighted by Crippen LogP contribution is 2.27. The van der Waals surface area contributed by atoms with E-state index in [-0.39, 0.29) is 24.8 Å². The van der Waals surface area contributed by atoms with Gasteiger partial charge in [0.2, 0.25) is 53.2 Å². The number of nitrogens with two attached hydrogens (primary N) is 1. The Balaban J connectivity index is 0.00000277. The summed E-state index contributed by atoms with van der Waals surface area (Å²) in [6.45, 7) is 14.5. The summed E-state index contributed by atoms with van der Waals surface area (Å²) in [6.07, 6.45) is 5.23. The summed E-state index contributed by atoms with van der Waals surface area (Å²) in [6, 6.07) is 2.72. The lowest BCUT2D eigenvalue weighted by Crippen LogP contribution is -2.60. The number of carbonyl (C=O) groups excluding carboxylic acids is 9. The van der Waals surface area contributed by atoms with Crippen LogP contribution < -0.4 is 48.3 Å². The van der Waals surface area contributed by atoms with Crippen LogP contribution in [0.1, 0.15) is 86.1 Å². The number of aliphatic carboxylic acids is 1. The molecule has 2 rings (SSSR count). The van der Waals surface area contributed by atoms with E-state index in [1.165, 1.54) is 33.5 Å². The molecular weight excluding hydrogens is 845 g/mol. The fourth-order valence-corrected chi connectivity index (χ4v) is 6.59. The van der Waals surface area contributed by atoms with Crippen LogP contribution >= 0.6 is 0 Å². The summed E-state index contributed by atoms with van der Waals surface area (Å²) in [5.74, 6) is -8.76. The topological polar surface area (TPSA) is 316 Å². The zero-order valence-corrected chi connectivity index (χ0v) is 38.6. The van der Waals surface area contributed by atoms with Gasteiger partial charge < -0.3 is 58.3 Å². The van der Waals surface area contributed by atoms with Crippen LogP contribution in [0.3, 0.4) is 0 Å². The average Bonchev–Trinajstić information content (AvgIpc) is 3.27. The molecule has 0 radical (unpaired) electrons. The van der Waals surface area contributed by atoms with Crippen LogP contribution in [-0.4, -0.2) is 139 Å². The number of primary amides is 1. The second-order valence-electron chi connectivity index (χ2n) is 15.8. The van der Waals surface area contributed by atoms with Crippen molar-refractivity contribution in [2.75, 3.05) is 39.3 Å². The van der Waals surface area contributed by atoms with Gasteiger partial charge in [0.1, 0.15) is 30.2 Å². The zero-order valence-electron chi connectivity index (χ0n) is 38.6. The molecule has 1 fully saturated rings. The molecule has 362 valence electrons. The molecule has 21 nitrogen and oxygen atoms in total. The Bertz CT molecular complexity index is 1780. The molecule has 1 aromatic carbocycles. The van der Waals surface area contributed by atoms with Gasteiger partial charge >= 0.3 is 5.97 Å². The van der Waals surface area contributed by atoms with E-state index in [0.717, 1.165) is 31.4 Å². The molecule has 1 aliphatic rings. The Hall–Kier alpha value is -6.38. The van der Waals surface area contributed by atoms with Gasteiger partial charge in [0.15, 0.2) is 0 Å². The van der Waals surface area contributed by atoms with E-state index in [4.69, 9.17) is 5.73 Å². The highest BCUT2D eigenvalue weighted by molar-refractivity contribution is 6.00. The number of amides is 9. The van der Waals surface area contributed by atoms with Gasteiger partial charge in [-0.2, -0.15) is 0 Å². The maximum Gasteiger partial charge on any atom is 0.326 e. The minimum absolute atomic E-state index is 0.0180. The Labute approximate surface area is 381 Å². The highest BCUT2D eigenvalue weighted by atomic mass is 16.4. The molecular formula is C44H70N10O11. The summed E-state index contributed by atoms with van der Waals surface area (Å²) < 4.78 is 0. The van der Waals surface area contributed by atoms with Crippen LogP contribution in [0.25, 0.3) is 0 Å². The smallest absolute Gasteiger partial charge is 0.326 e. The predicted molar refractivity (Wildman–Crippen MR) is 241 cm³/mol. The first-order chi connectivity index (χ1) is 30.7. The molecule has 0 heterocycles. The number of hydrogen-bond acceptors (Lipinski definition) is 11. The molecule has 0 aliphatic heterocycles. The number of hydrogen-bond donors (Lipinski definition) is 10. The molecule has 1 aliphatic carbocycles. The van der Waals surface area contributed by atoms with E-state index < -0.39 is 102 Å². The molecule has 0 spiro atoms. The van der Waals surface area contributed by atoms with Crippen molar-refractivity contribution in [3.05, 3.63) is 48.0 Å². The minimum Gasteiger partial charge on any atom is -0.480 e. The number of benzene rings is 1. The van der Waals surface area contributed by atoms with E-state index in [2.05, 4.69) is 68.2 Å². The second-order valence-corrected chi connectivity index (χ2v) is 15.8. The van der Waals surface area contributed by atoms with Gasteiger partial charge in [0, 0.05) is 32.0 Å². The molecule has 65 heavy (non-hydrogen) atoms. The van der Waals surface area contributed by atoms with E-state index >= 15 is 0 Å². The minimum atomic E-state index is -1.42. The molecule has 0 aromatic heterocycles. The van der Waals surface area contributed by atoms with Crippen LogP contribution in [0.15, 0.2) is 42.5 Å². The first-order valence-electron chi connectivity index (χ1n) is 22.0. The largest absolute Gasteiger partial charge is 0.480 e. The third-order valence-corrected chi connectivity index (χ3v) is 10.4. The predicted octanol–water partition coefficient (Wildman–Crippen LogP) is -1.25. The summed E-state index contributed by atoms with van der Waals surface area (Å²) in [7, 11) is 0. The fourth-order valence-electron chi connectivity index (χ4n) is 6.59. The number of carboxylic acids is 1. The summed E-state index contributed by atoms with van der Waals surface area (Å²) in [5, 5.41) is 28.8. The summed E-state index contributed by atoms with van der Waals surface area (Å²) in [5.41, 5.74) is 6.07. The maximum atomic E-state index is 13.6. The van der Waals surface area contributed by atoms with Crippen LogP contribution in [0.5, 0.6) is 0 Å². The Morgan fingerprint density at radius 1 is 0.692 bits per heavy atom. The number of nitrogens with zero attached hydrogens (tertiary/aromatic N) is 1. The van der Waals surface area contributed by atoms with Gasteiger partial charge in [-0.1, -0.05) is 84.2 Å². The Morgan fingerprint density at radius 2 is 1.28 bits per heavy atom. The lowest BCUT2D eigenvalue weighted by molar-refractivity contribution is -0.141. The van der Waals surface area contributed by atoms with Gasteiger partial charge in [0.05, 0.1) is 13.1 Å². The van der Waals surface area contributed by atoms with Crippen molar-refractivity contribution in [1.29, 1.82) is 0 Å². The number of rotatable bonds is 25. The van der Waals surface area contributed by atoms with E-state index in [1.54, 1.807) is 44.2 Å². The van der Waals surface area contributed by atoms with Crippen molar-refractivity contribution in [2.45, 2.75) is 117 Å². The third kappa shape index (κ3) is 23.2. The quantitative estimate of drug-likeness (QED) is 0.0515. The van der Waals surface area contributed by atoms with Crippen LogP contribution in [0.2, 0.25) is 0 Å². The summed E-state index contributed by atoms with van der Waals surface area (Å²) >= 11 is 0. The SMILES string of the molecule is CC(=O)NC[C@H](NC(=O)/C=C/C(=O)NCC(=O)NCC(=O)N[C@@H](Cc1ccccc1)C(=O)O)C(=O)N[C@H](C(=O)N[C@@H](C)C(=O)N[C@H](C(N)=O)C(C)C)C1CCCCC1.CCN(CC)CC. The van der Waals surface area contributed by atoms with Crippen molar-refractivity contribution in [1.82, 2.24) is 47.4 Å². The van der Waals surface area contributed by atoms with Gasteiger partial charge in [-0.25, -0.2) is 4.79 Å². The molecule has 1 aromatic rings. The van der Waals surface area contributed by atoms with E-state index in [0.29, 0.717) is 18.4 Å². The molecule has 1 saturated carbocycles. The second kappa shape index (κ2) is 30.7. The molecule has 0 bridgehead atoms. The molecule has 5 atom stereocenters. The first-order valence-corrected chi connectivity index (χ1v) is 22.0. The summed E-state index contributed by atoms with van der Waals surface area (Å²) in [4.78, 5) is 127. The Morgan fingerprint density at radius 3 is 1.80 bits per heavy atom. The molecule has 21 heteroatoms. The number of carbonyl (C=O) groups is 10.